The van der Waals surface area contributed by atoms with E-state index in [-0.39, 0.29) is 12.1 Å². The van der Waals surface area contributed by atoms with E-state index in [1.54, 1.807) is 48.3 Å². The number of rotatable bonds is 11. The van der Waals surface area contributed by atoms with Crippen molar-refractivity contribution < 1.29 is 18.9 Å². The molecular formula is C31H30N6O5S. The van der Waals surface area contributed by atoms with Crippen LogP contribution in [-0.2, 0) is 29.4 Å². The SMILES string of the molecule is Cc1ccc(-c2ccc(S(=O)N[C@@H](CNC(=O)c3cn(C)c4cc(CNc5ncc[nH]5)ccc4c3=O)C(=O)O)cc2)cc1. The molecule has 0 bridgehead atoms. The number of pyridine rings is 1. The van der Waals surface area contributed by atoms with Gasteiger partial charge in [-0.15, -0.1) is 0 Å². The first-order valence-electron chi connectivity index (χ1n) is 13.4. The predicted octanol–water partition coefficient (Wildman–Crippen LogP) is 3.34. The Morgan fingerprint density at radius 3 is 2.40 bits per heavy atom. The maximum atomic E-state index is 13.2. The van der Waals surface area contributed by atoms with Crippen molar-refractivity contribution in [3.63, 3.8) is 0 Å². The number of carbonyl (C=O) groups excluding carboxylic acids is 1. The molecule has 5 aromatic rings. The van der Waals surface area contributed by atoms with Crippen LogP contribution < -0.4 is 20.8 Å². The fourth-order valence-corrected chi connectivity index (χ4v) is 5.49. The molecule has 0 fully saturated rings. The molecule has 0 saturated heterocycles. The van der Waals surface area contributed by atoms with Gasteiger partial charge in [-0.3, -0.25) is 14.4 Å². The molecule has 220 valence electrons. The van der Waals surface area contributed by atoms with Crippen LogP contribution in [-0.4, -0.2) is 48.3 Å². The first-order valence-corrected chi connectivity index (χ1v) is 14.6. The van der Waals surface area contributed by atoms with Crippen LogP contribution >= 0.6 is 0 Å². The molecule has 0 aliphatic carbocycles. The number of carbonyl (C=O) groups is 2. The van der Waals surface area contributed by atoms with Crippen LogP contribution in [0, 0.1) is 6.92 Å². The molecule has 43 heavy (non-hydrogen) atoms. The summed E-state index contributed by atoms with van der Waals surface area (Å²) in [6.45, 7) is 2.09. The third-order valence-corrected chi connectivity index (χ3v) is 8.12. The van der Waals surface area contributed by atoms with Gasteiger partial charge in [0, 0.05) is 44.1 Å². The molecule has 0 radical (unpaired) electrons. The summed E-state index contributed by atoms with van der Waals surface area (Å²) in [5.41, 5.74) is 4.01. The lowest BCUT2D eigenvalue weighted by molar-refractivity contribution is -0.138. The van der Waals surface area contributed by atoms with Gasteiger partial charge in [0.05, 0.1) is 10.4 Å². The minimum absolute atomic E-state index is 0.131. The van der Waals surface area contributed by atoms with Crippen LogP contribution in [0.1, 0.15) is 21.5 Å². The van der Waals surface area contributed by atoms with E-state index in [2.05, 4.69) is 25.3 Å². The average Bonchev–Trinajstić information content (AvgIpc) is 3.54. The number of imidazole rings is 1. The number of nitrogens with one attached hydrogen (secondary N) is 4. The Morgan fingerprint density at radius 1 is 1.05 bits per heavy atom. The van der Waals surface area contributed by atoms with Crippen LogP contribution in [0.4, 0.5) is 5.95 Å². The normalized spacial score (nSPS) is 12.5. The lowest BCUT2D eigenvalue weighted by atomic mass is 10.0. The quantitative estimate of drug-likeness (QED) is 0.156. The second kappa shape index (κ2) is 12.8. The van der Waals surface area contributed by atoms with Gasteiger partial charge in [0.2, 0.25) is 5.43 Å². The molecule has 0 aliphatic heterocycles. The highest BCUT2D eigenvalue weighted by Crippen LogP contribution is 2.21. The zero-order valence-electron chi connectivity index (χ0n) is 23.5. The largest absolute Gasteiger partial charge is 0.480 e. The summed E-state index contributed by atoms with van der Waals surface area (Å²) >= 11 is 0. The number of benzene rings is 3. The van der Waals surface area contributed by atoms with Crippen LogP contribution in [0.2, 0.25) is 0 Å². The Labute approximate surface area is 249 Å². The van der Waals surface area contributed by atoms with Crippen molar-refractivity contribution in [2.24, 2.45) is 7.05 Å². The summed E-state index contributed by atoms with van der Waals surface area (Å²) in [5, 5.41) is 15.7. The lowest BCUT2D eigenvalue weighted by Gasteiger charge is -2.16. The highest BCUT2D eigenvalue weighted by molar-refractivity contribution is 7.83. The molecule has 1 unspecified atom stereocenters. The highest BCUT2D eigenvalue weighted by Gasteiger charge is 2.23. The van der Waals surface area contributed by atoms with Gasteiger partial charge < -0.3 is 25.3 Å². The van der Waals surface area contributed by atoms with Crippen molar-refractivity contribution in [2.75, 3.05) is 11.9 Å². The van der Waals surface area contributed by atoms with Gasteiger partial charge in [-0.2, -0.15) is 0 Å². The van der Waals surface area contributed by atoms with Gasteiger partial charge in [0.15, 0.2) is 5.95 Å². The van der Waals surface area contributed by atoms with Crippen LogP contribution in [0.15, 0.2) is 95.0 Å². The van der Waals surface area contributed by atoms with Crippen molar-refractivity contribution in [1.82, 2.24) is 24.6 Å². The van der Waals surface area contributed by atoms with Gasteiger partial charge >= 0.3 is 5.97 Å². The van der Waals surface area contributed by atoms with Gasteiger partial charge in [-0.05, 0) is 47.9 Å². The zero-order chi connectivity index (χ0) is 30.5. The number of amides is 1. The third kappa shape index (κ3) is 6.88. The second-order valence-electron chi connectivity index (χ2n) is 10.0. The van der Waals surface area contributed by atoms with Crippen molar-refractivity contribution in [1.29, 1.82) is 0 Å². The topological polar surface area (TPSA) is 158 Å². The number of fused-ring (bicyclic) bond motifs is 1. The number of aryl methyl sites for hydroxylation is 2. The second-order valence-corrected chi connectivity index (χ2v) is 11.2. The maximum absolute atomic E-state index is 13.2. The monoisotopic (exact) mass is 598 g/mol. The Kier molecular flexibility index (Phi) is 8.79. The van der Waals surface area contributed by atoms with E-state index in [9.17, 15) is 23.7 Å². The van der Waals surface area contributed by atoms with Gasteiger partial charge in [-0.25, -0.2) is 13.9 Å². The van der Waals surface area contributed by atoms with E-state index in [0.29, 0.717) is 28.3 Å². The van der Waals surface area contributed by atoms with Crippen molar-refractivity contribution in [2.45, 2.75) is 24.4 Å². The minimum Gasteiger partial charge on any atom is -0.480 e. The number of hydrogen-bond donors (Lipinski definition) is 5. The molecule has 2 aromatic heterocycles. The number of H-pyrrole nitrogens is 1. The van der Waals surface area contributed by atoms with Crippen molar-refractivity contribution >= 4 is 39.7 Å². The smallest absolute Gasteiger partial charge is 0.323 e. The highest BCUT2D eigenvalue weighted by atomic mass is 32.2. The number of aromatic nitrogens is 3. The van der Waals surface area contributed by atoms with E-state index < -0.39 is 34.3 Å². The standard InChI is InChI=1S/C31H30N6O5S/c1-19-3-6-21(7-4-19)22-8-10-23(11-9-22)43(42)36-26(30(40)41)17-34-29(39)25-18-37(2)27-15-20(5-12-24(27)28(25)38)16-35-31-32-13-14-33-31/h3-15,18,26,36H,16-17H2,1-2H3,(H,34,39)(H,40,41)(H2,32,33,35)/t26-,43?/m0/s1. The Bertz CT molecular complexity index is 1850. The average molecular weight is 599 g/mol. The number of nitrogens with zero attached hydrogens (tertiary/aromatic N) is 2. The summed E-state index contributed by atoms with van der Waals surface area (Å²) in [7, 11) is -0.142. The van der Waals surface area contributed by atoms with E-state index in [4.69, 9.17) is 0 Å². The summed E-state index contributed by atoms with van der Waals surface area (Å²) in [4.78, 5) is 45.6. The fraction of sp³-hybridized carbons (Fsp3) is 0.161. The molecule has 11 nitrogen and oxygen atoms in total. The van der Waals surface area contributed by atoms with Crippen molar-refractivity contribution in [3.8, 4) is 11.1 Å². The first kappa shape index (κ1) is 29.4. The molecule has 1 amide bonds. The van der Waals surface area contributed by atoms with E-state index in [1.165, 1.54) is 6.20 Å². The minimum atomic E-state index is -1.86. The van der Waals surface area contributed by atoms with Gasteiger partial charge in [0.25, 0.3) is 5.91 Å². The molecule has 0 saturated carbocycles. The Morgan fingerprint density at radius 2 is 1.74 bits per heavy atom. The molecule has 5 rings (SSSR count). The predicted molar refractivity (Wildman–Crippen MR) is 165 cm³/mol. The molecular weight excluding hydrogens is 568 g/mol. The molecule has 2 atom stereocenters. The third-order valence-electron chi connectivity index (χ3n) is 6.92. The molecule has 12 heteroatoms. The Hall–Kier alpha value is -5.07. The van der Waals surface area contributed by atoms with Crippen LogP contribution in [0.3, 0.4) is 0 Å². The lowest BCUT2D eigenvalue weighted by Crippen LogP contribution is -2.47. The molecule has 0 aliphatic rings. The summed E-state index contributed by atoms with van der Waals surface area (Å²) in [5.74, 6) is -1.41. The fourth-order valence-electron chi connectivity index (χ4n) is 4.53. The molecule has 2 heterocycles. The molecule has 0 spiro atoms. The van der Waals surface area contributed by atoms with E-state index in [0.717, 1.165) is 22.3 Å². The Balaban J connectivity index is 1.24. The molecule has 3 aromatic carbocycles. The number of aromatic amines is 1. The number of anilines is 1. The van der Waals surface area contributed by atoms with Crippen LogP contribution in [0.25, 0.3) is 22.0 Å². The first-order chi connectivity index (χ1) is 20.7. The number of carboxylic acids is 1. The van der Waals surface area contributed by atoms with E-state index >= 15 is 0 Å². The molecule has 5 N–H and O–H groups in total. The zero-order valence-corrected chi connectivity index (χ0v) is 24.3. The summed E-state index contributed by atoms with van der Waals surface area (Å²) in [6.07, 6.45) is 4.76. The van der Waals surface area contributed by atoms with Crippen LogP contribution in [0.5, 0.6) is 0 Å². The van der Waals surface area contributed by atoms with Gasteiger partial charge in [-0.1, -0.05) is 48.0 Å². The number of hydrogen-bond acceptors (Lipinski definition) is 6. The van der Waals surface area contributed by atoms with Crippen molar-refractivity contribution in [3.05, 3.63) is 112 Å². The maximum Gasteiger partial charge on any atom is 0.323 e. The van der Waals surface area contributed by atoms with E-state index in [1.807, 2.05) is 49.4 Å². The van der Waals surface area contributed by atoms with Gasteiger partial charge in [0.1, 0.15) is 22.6 Å². The number of carboxylic acid groups (broad SMARTS) is 1. The number of aliphatic carboxylic acids is 1. The summed E-state index contributed by atoms with van der Waals surface area (Å²) in [6, 6.07) is 18.8. The summed E-state index contributed by atoms with van der Waals surface area (Å²) < 4.78 is 17.1.